The van der Waals surface area contributed by atoms with E-state index in [1.165, 1.54) is 18.2 Å². The molecule has 0 unspecified atom stereocenters. The molecular formula is C13H15FO. The molecule has 0 spiro atoms. The number of halogens is 1. The van der Waals surface area contributed by atoms with E-state index in [0.29, 0.717) is 5.56 Å². The van der Waals surface area contributed by atoms with Gasteiger partial charge in [-0.15, -0.1) is 0 Å². The third-order valence-corrected chi connectivity index (χ3v) is 2.06. The van der Waals surface area contributed by atoms with Gasteiger partial charge in [0, 0.05) is 11.0 Å². The van der Waals surface area contributed by atoms with Gasteiger partial charge in [0.05, 0.1) is 0 Å². The van der Waals surface area contributed by atoms with Gasteiger partial charge in [-0.25, -0.2) is 4.39 Å². The lowest BCUT2D eigenvalue weighted by Gasteiger charge is -2.12. The number of ketones is 1. The molecule has 1 rings (SSSR count). The average molecular weight is 206 g/mol. The van der Waals surface area contributed by atoms with Gasteiger partial charge >= 0.3 is 0 Å². The summed E-state index contributed by atoms with van der Waals surface area (Å²) in [5.74, 6) is -0.318. The minimum Gasteiger partial charge on any atom is -0.294 e. The Hall–Kier alpha value is -1.44. The van der Waals surface area contributed by atoms with E-state index >= 15 is 0 Å². The summed E-state index contributed by atoms with van der Waals surface area (Å²) in [5, 5.41) is 0. The molecule has 0 amide bonds. The van der Waals surface area contributed by atoms with Crippen molar-refractivity contribution in [3.63, 3.8) is 0 Å². The fourth-order valence-electron chi connectivity index (χ4n) is 1.03. The Kier molecular flexibility index (Phi) is 3.40. The quantitative estimate of drug-likeness (QED) is 0.677. The second-order valence-electron chi connectivity index (χ2n) is 4.47. The summed E-state index contributed by atoms with van der Waals surface area (Å²) in [7, 11) is 0. The fraction of sp³-hybridized carbons (Fsp3) is 0.308. The minimum atomic E-state index is -0.415. The van der Waals surface area contributed by atoms with Gasteiger partial charge in [0.2, 0.25) is 0 Å². The van der Waals surface area contributed by atoms with Crippen molar-refractivity contribution in [2.24, 2.45) is 5.41 Å². The van der Waals surface area contributed by atoms with Crippen molar-refractivity contribution in [1.82, 2.24) is 0 Å². The molecule has 1 aromatic rings. The number of hydrogen-bond donors (Lipinski definition) is 0. The summed E-state index contributed by atoms with van der Waals surface area (Å²) in [6.07, 6.45) is 2.95. The SMILES string of the molecule is CC(C)(C)C(=O)/C=C/c1ccccc1F. The van der Waals surface area contributed by atoms with E-state index in [1.54, 1.807) is 18.2 Å². The third-order valence-electron chi connectivity index (χ3n) is 2.06. The predicted octanol–water partition coefficient (Wildman–Crippen LogP) is 3.45. The lowest BCUT2D eigenvalue weighted by atomic mass is 9.90. The molecule has 0 bridgehead atoms. The maximum absolute atomic E-state index is 13.2. The van der Waals surface area contributed by atoms with E-state index in [4.69, 9.17) is 0 Å². The Morgan fingerprint density at radius 3 is 2.40 bits per heavy atom. The molecule has 0 saturated heterocycles. The van der Waals surface area contributed by atoms with Crippen LogP contribution in [0.3, 0.4) is 0 Å². The Balaban J connectivity index is 2.84. The molecule has 0 fully saturated rings. The van der Waals surface area contributed by atoms with Crippen LogP contribution in [0.4, 0.5) is 4.39 Å². The second-order valence-corrected chi connectivity index (χ2v) is 4.47. The predicted molar refractivity (Wildman–Crippen MR) is 59.9 cm³/mol. The summed E-state index contributed by atoms with van der Waals surface area (Å²) in [5.41, 5.74) is 0.0250. The summed E-state index contributed by atoms with van der Waals surface area (Å²) >= 11 is 0. The first-order valence-corrected chi connectivity index (χ1v) is 4.88. The summed E-state index contributed by atoms with van der Waals surface area (Å²) < 4.78 is 13.2. The molecule has 15 heavy (non-hydrogen) atoms. The molecule has 0 atom stereocenters. The van der Waals surface area contributed by atoms with Crippen LogP contribution in [0.1, 0.15) is 26.3 Å². The van der Waals surface area contributed by atoms with Crippen molar-refractivity contribution < 1.29 is 9.18 Å². The molecule has 0 saturated carbocycles. The van der Waals surface area contributed by atoms with Gasteiger partial charge in [-0.2, -0.15) is 0 Å². The van der Waals surface area contributed by atoms with E-state index in [0.717, 1.165) is 0 Å². The zero-order chi connectivity index (χ0) is 11.5. The summed E-state index contributed by atoms with van der Waals surface area (Å²) in [6.45, 7) is 5.50. The first-order chi connectivity index (χ1) is 6.91. The molecule has 0 aliphatic carbocycles. The van der Waals surface area contributed by atoms with E-state index in [-0.39, 0.29) is 11.6 Å². The summed E-state index contributed by atoms with van der Waals surface area (Å²) in [4.78, 5) is 11.5. The molecule has 2 heteroatoms. The van der Waals surface area contributed by atoms with E-state index in [2.05, 4.69) is 0 Å². The Labute approximate surface area is 89.6 Å². The molecule has 1 aromatic carbocycles. The average Bonchev–Trinajstić information content (AvgIpc) is 2.14. The molecular weight excluding hydrogens is 191 g/mol. The summed E-state index contributed by atoms with van der Waals surface area (Å²) in [6, 6.07) is 6.38. The van der Waals surface area contributed by atoms with Crippen molar-refractivity contribution in [2.75, 3.05) is 0 Å². The van der Waals surface area contributed by atoms with Gasteiger partial charge in [-0.3, -0.25) is 4.79 Å². The largest absolute Gasteiger partial charge is 0.294 e. The fourth-order valence-corrected chi connectivity index (χ4v) is 1.03. The third kappa shape index (κ3) is 3.31. The molecule has 0 heterocycles. The number of benzene rings is 1. The number of carbonyl (C=O) groups is 1. The minimum absolute atomic E-state index is 0.00856. The van der Waals surface area contributed by atoms with Crippen molar-refractivity contribution in [3.8, 4) is 0 Å². The maximum atomic E-state index is 13.2. The smallest absolute Gasteiger partial charge is 0.161 e. The number of allylic oxidation sites excluding steroid dienone is 1. The van der Waals surface area contributed by atoms with Crippen LogP contribution in [0.2, 0.25) is 0 Å². The molecule has 0 aliphatic rings. The molecule has 1 nitrogen and oxygen atoms in total. The highest BCUT2D eigenvalue weighted by molar-refractivity contribution is 5.97. The van der Waals surface area contributed by atoms with Crippen LogP contribution in [0, 0.1) is 11.2 Å². The lowest BCUT2D eigenvalue weighted by molar-refractivity contribution is -0.121. The van der Waals surface area contributed by atoms with Crippen LogP contribution in [0.15, 0.2) is 30.3 Å². The Bertz CT molecular complexity index is 386. The highest BCUT2D eigenvalue weighted by atomic mass is 19.1. The molecule has 0 radical (unpaired) electrons. The highest BCUT2D eigenvalue weighted by Crippen LogP contribution is 2.16. The second kappa shape index (κ2) is 4.39. The van der Waals surface area contributed by atoms with Crippen LogP contribution in [-0.4, -0.2) is 5.78 Å². The zero-order valence-electron chi connectivity index (χ0n) is 9.25. The van der Waals surface area contributed by atoms with Gasteiger partial charge in [0.25, 0.3) is 0 Å². The van der Waals surface area contributed by atoms with E-state index in [9.17, 15) is 9.18 Å². The van der Waals surface area contributed by atoms with Crippen molar-refractivity contribution in [1.29, 1.82) is 0 Å². The van der Waals surface area contributed by atoms with Crippen LogP contribution < -0.4 is 0 Å². The van der Waals surface area contributed by atoms with Crippen LogP contribution in [0.5, 0.6) is 0 Å². The van der Waals surface area contributed by atoms with E-state index < -0.39 is 5.41 Å². The van der Waals surface area contributed by atoms with Gasteiger partial charge in [0.15, 0.2) is 5.78 Å². The van der Waals surface area contributed by atoms with Gasteiger partial charge in [0.1, 0.15) is 5.82 Å². The van der Waals surface area contributed by atoms with Gasteiger partial charge < -0.3 is 0 Å². The normalized spacial score (nSPS) is 12.0. The molecule has 80 valence electrons. The van der Waals surface area contributed by atoms with Crippen molar-refractivity contribution in [3.05, 3.63) is 41.7 Å². The first-order valence-electron chi connectivity index (χ1n) is 4.88. The maximum Gasteiger partial charge on any atom is 0.161 e. The highest BCUT2D eigenvalue weighted by Gasteiger charge is 2.17. The number of rotatable bonds is 2. The zero-order valence-corrected chi connectivity index (χ0v) is 9.25. The molecule has 0 aromatic heterocycles. The molecule has 0 N–H and O–H groups in total. The first kappa shape index (κ1) is 11.6. The Morgan fingerprint density at radius 1 is 1.27 bits per heavy atom. The van der Waals surface area contributed by atoms with Crippen LogP contribution in [-0.2, 0) is 4.79 Å². The number of hydrogen-bond acceptors (Lipinski definition) is 1. The van der Waals surface area contributed by atoms with Crippen LogP contribution >= 0.6 is 0 Å². The van der Waals surface area contributed by atoms with Crippen LogP contribution in [0.25, 0.3) is 6.08 Å². The number of carbonyl (C=O) groups excluding carboxylic acids is 1. The van der Waals surface area contributed by atoms with Crippen molar-refractivity contribution >= 4 is 11.9 Å². The monoisotopic (exact) mass is 206 g/mol. The topological polar surface area (TPSA) is 17.1 Å². The van der Waals surface area contributed by atoms with Crippen molar-refractivity contribution in [2.45, 2.75) is 20.8 Å². The van der Waals surface area contributed by atoms with Gasteiger partial charge in [-0.05, 0) is 18.2 Å². The van der Waals surface area contributed by atoms with Gasteiger partial charge in [-0.1, -0.05) is 39.0 Å². The van der Waals surface area contributed by atoms with E-state index in [1.807, 2.05) is 20.8 Å². The Morgan fingerprint density at radius 2 is 1.87 bits per heavy atom. The standard InChI is InChI=1S/C13H15FO/c1-13(2,3)12(15)9-8-10-6-4-5-7-11(10)14/h4-9H,1-3H3/b9-8+. The molecule has 0 aliphatic heterocycles. The lowest BCUT2D eigenvalue weighted by Crippen LogP contribution is -2.17.